The second kappa shape index (κ2) is 12.7. The Labute approximate surface area is 220 Å². The van der Waals surface area contributed by atoms with Gasteiger partial charge >= 0.3 is 13.9 Å². The zero-order valence-electron chi connectivity index (χ0n) is 20.1. The van der Waals surface area contributed by atoms with Crippen molar-refractivity contribution in [3.05, 3.63) is 62.9 Å². The zero-order chi connectivity index (χ0) is 28.3. The Morgan fingerprint density at radius 3 is 2.23 bits per heavy atom. The Bertz CT molecular complexity index is 1240. The molecular formula is C22H28N2O14P+. The van der Waals surface area contributed by atoms with Gasteiger partial charge in [0.25, 0.3) is 5.56 Å². The van der Waals surface area contributed by atoms with Crippen LogP contribution in [0.15, 0.2) is 46.1 Å². The summed E-state index contributed by atoms with van der Waals surface area (Å²) in [4.78, 5) is 35.2. The van der Waals surface area contributed by atoms with Crippen LogP contribution in [0, 0.1) is 0 Å². The summed E-state index contributed by atoms with van der Waals surface area (Å²) >= 11 is 0. The van der Waals surface area contributed by atoms with Crippen LogP contribution in [0.5, 0.6) is 5.75 Å². The maximum atomic E-state index is 12.3. The Kier molecular flexibility index (Phi) is 9.58. The van der Waals surface area contributed by atoms with E-state index in [0.29, 0.717) is 5.56 Å². The van der Waals surface area contributed by atoms with Gasteiger partial charge in [-0.2, -0.15) is 0 Å². The van der Waals surface area contributed by atoms with Gasteiger partial charge in [0.2, 0.25) is 6.29 Å². The predicted molar refractivity (Wildman–Crippen MR) is 126 cm³/mol. The highest BCUT2D eigenvalue weighted by Crippen LogP contribution is 2.37. The van der Waals surface area contributed by atoms with E-state index in [9.17, 15) is 44.6 Å². The smallest absolute Gasteiger partial charge is 0.462 e. The first-order chi connectivity index (χ1) is 18.6. The minimum atomic E-state index is -3.13. The molecule has 214 valence electrons. The molecule has 3 heterocycles. The molecule has 16 nitrogen and oxygen atoms in total. The summed E-state index contributed by atoms with van der Waals surface area (Å²) < 4.78 is 39.9. The number of hydrogen-bond acceptors (Lipinski definition) is 13. The normalized spacial score (nSPS) is 33.2. The molecule has 17 heteroatoms. The monoisotopic (exact) mass is 575 g/mol. The van der Waals surface area contributed by atoms with Crippen LogP contribution in [0.2, 0.25) is 0 Å². The van der Waals surface area contributed by atoms with Crippen molar-refractivity contribution in [1.82, 2.24) is 9.55 Å². The molecule has 1 aromatic carbocycles. The van der Waals surface area contributed by atoms with E-state index in [1.165, 1.54) is 12.1 Å². The lowest BCUT2D eigenvalue weighted by atomic mass is 9.99. The number of aromatic amines is 1. The van der Waals surface area contributed by atoms with Gasteiger partial charge < -0.3 is 44.5 Å². The third-order valence-electron chi connectivity index (χ3n) is 6.27. The molecule has 0 bridgehead atoms. The summed E-state index contributed by atoms with van der Waals surface area (Å²) in [6.07, 6.45) is -10.8. The van der Waals surface area contributed by atoms with Gasteiger partial charge in [0.15, 0.2) is 12.3 Å². The van der Waals surface area contributed by atoms with Gasteiger partial charge in [0, 0.05) is 16.8 Å². The summed E-state index contributed by atoms with van der Waals surface area (Å²) in [6, 6.07) is 7.20. The fraction of sp³-hybridized carbons (Fsp3) is 0.545. The van der Waals surface area contributed by atoms with Gasteiger partial charge in [0.1, 0.15) is 42.4 Å². The topological polar surface area (TPSA) is 239 Å². The van der Waals surface area contributed by atoms with E-state index in [1.54, 1.807) is 12.1 Å². The lowest BCUT2D eigenvalue weighted by molar-refractivity contribution is -0.277. The number of aliphatic hydroxyl groups is 5. The number of nitrogens with one attached hydrogen (secondary N) is 1. The molecule has 10 atom stereocenters. The van der Waals surface area contributed by atoms with E-state index in [0.717, 1.165) is 16.8 Å². The molecule has 2 aliphatic heterocycles. The molecule has 0 amide bonds. The van der Waals surface area contributed by atoms with E-state index >= 15 is 0 Å². The highest BCUT2D eigenvalue weighted by atomic mass is 31.1. The van der Waals surface area contributed by atoms with E-state index in [1.807, 2.05) is 0 Å². The summed E-state index contributed by atoms with van der Waals surface area (Å²) in [5, 5.41) is 49.0. The van der Waals surface area contributed by atoms with Gasteiger partial charge in [-0.3, -0.25) is 14.3 Å². The second-order valence-electron chi connectivity index (χ2n) is 8.81. The summed E-state index contributed by atoms with van der Waals surface area (Å²) in [5.74, 6) is 0.212. The molecule has 4 rings (SSSR count). The third kappa shape index (κ3) is 6.59. The number of benzene rings is 1. The van der Waals surface area contributed by atoms with E-state index in [4.69, 9.17) is 23.5 Å². The first-order valence-corrected chi connectivity index (χ1v) is 12.8. The lowest BCUT2D eigenvalue weighted by Crippen LogP contribution is -2.60. The van der Waals surface area contributed by atoms with Crippen molar-refractivity contribution in [3.8, 4) is 5.75 Å². The Hall–Kier alpha value is -2.60. The number of aromatic nitrogens is 2. The first-order valence-electron chi connectivity index (χ1n) is 11.7. The third-order valence-corrected chi connectivity index (χ3v) is 6.69. The van der Waals surface area contributed by atoms with Crippen molar-refractivity contribution in [3.63, 3.8) is 0 Å². The fourth-order valence-electron chi connectivity index (χ4n) is 4.27. The van der Waals surface area contributed by atoms with Gasteiger partial charge in [-0.1, -0.05) is 12.1 Å². The van der Waals surface area contributed by atoms with E-state index < -0.39 is 88.0 Å². The van der Waals surface area contributed by atoms with Crippen LogP contribution in [0.25, 0.3) is 0 Å². The second-order valence-corrected chi connectivity index (χ2v) is 9.49. The quantitative estimate of drug-likeness (QED) is 0.142. The first kappa shape index (κ1) is 29.4. The van der Waals surface area contributed by atoms with Crippen LogP contribution in [0.4, 0.5) is 0 Å². The standard InChI is InChI=1S/C22H27N2O14P/c25-7-12-15(28)16(29)17(30)21(37-12)35-11-3-1-10(2-4-11)9-34-19-18(38-39(32)33)13(8-26)36-20(19)24-6-5-14(27)23-22(24)31/h1-6,12-13,15-21,25-26,28-30H,7-9H2,(H-,23,27,31,32,33)/p+1. The van der Waals surface area contributed by atoms with Gasteiger partial charge in [-0.05, 0) is 17.7 Å². The van der Waals surface area contributed by atoms with Crippen LogP contribution >= 0.6 is 8.25 Å². The van der Waals surface area contributed by atoms with Crippen LogP contribution in [-0.2, 0) is 29.9 Å². The summed E-state index contributed by atoms with van der Waals surface area (Å²) in [6.45, 7) is -1.35. The molecule has 2 aromatic rings. The molecule has 2 fully saturated rings. The fourth-order valence-corrected chi connectivity index (χ4v) is 4.73. The number of ether oxygens (including phenoxy) is 4. The minimum Gasteiger partial charge on any atom is -0.462 e. The molecule has 0 saturated carbocycles. The van der Waals surface area contributed by atoms with Crippen molar-refractivity contribution in [2.75, 3.05) is 13.2 Å². The molecule has 39 heavy (non-hydrogen) atoms. The number of rotatable bonds is 10. The van der Waals surface area contributed by atoms with Crippen molar-refractivity contribution in [1.29, 1.82) is 0 Å². The average molecular weight is 575 g/mol. The Morgan fingerprint density at radius 1 is 0.923 bits per heavy atom. The molecule has 0 aliphatic carbocycles. The predicted octanol–water partition coefficient (Wildman–Crippen LogP) is -2.77. The number of nitrogens with zero attached hydrogens (tertiary/aromatic N) is 1. The van der Waals surface area contributed by atoms with Crippen LogP contribution < -0.4 is 16.0 Å². The number of hydrogen-bond donors (Lipinski definition) is 7. The minimum absolute atomic E-state index is 0.122. The molecule has 10 unspecified atom stereocenters. The molecular weight excluding hydrogens is 547 g/mol. The average Bonchev–Trinajstić information content (AvgIpc) is 3.24. The van der Waals surface area contributed by atoms with E-state index in [-0.39, 0.29) is 12.4 Å². The van der Waals surface area contributed by atoms with Crippen molar-refractivity contribution >= 4 is 8.25 Å². The van der Waals surface area contributed by atoms with Gasteiger partial charge in [-0.25, -0.2) is 4.79 Å². The highest BCUT2D eigenvalue weighted by Gasteiger charge is 2.51. The number of aliphatic hydroxyl groups excluding tert-OH is 5. The SMILES string of the molecule is O=c1ccn(C2OC(CO)C(O[P+](=O)O)C2OCc2ccc(OC3OC(CO)C(O)C(O)C3O)cc2)c(=O)[nH]1. The van der Waals surface area contributed by atoms with Crippen molar-refractivity contribution in [2.45, 2.75) is 61.9 Å². The summed E-state index contributed by atoms with van der Waals surface area (Å²) in [5.41, 5.74) is -0.924. The van der Waals surface area contributed by atoms with Crippen LogP contribution in [0.3, 0.4) is 0 Å². The number of H-pyrrole nitrogens is 1. The molecule has 1 aromatic heterocycles. The van der Waals surface area contributed by atoms with Crippen molar-refractivity contribution in [2.24, 2.45) is 0 Å². The molecule has 2 aliphatic rings. The molecule has 7 N–H and O–H groups in total. The molecule has 0 radical (unpaired) electrons. The molecule has 2 saturated heterocycles. The van der Waals surface area contributed by atoms with Gasteiger partial charge in [-0.15, -0.1) is 9.42 Å². The maximum Gasteiger partial charge on any atom is 0.695 e. The Morgan fingerprint density at radius 2 is 1.62 bits per heavy atom. The van der Waals surface area contributed by atoms with Crippen molar-refractivity contribution < 1.29 is 58.5 Å². The summed E-state index contributed by atoms with van der Waals surface area (Å²) in [7, 11) is -3.13. The lowest BCUT2D eigenvalue weighted by Gasteiger charge is -2.39. The largest absolute Gasteiger partial charge is 0.695 e. The zero-order valence-corrected chi connectivity index (χ0v) is 21.0. The Balaban J connectivity index is 1.47. The molecule has 0 spiro atoms. The maximum absolute atomic E-state index is 12.3. The van der Waals surface area contributed by atoms with Gasteiger partial charge in [0.05, 0.1) is 19.8 Å². The van der Waals surface area contributed by atoms with Crippen LogP contribution in [-0.4, -0.2) is 102 Å². The van der Waals surface area contributed by atoms with E-state index in [2.05, 4.69) is 4.98 Å². The van der Waals surface area contributed by atoms with Crippen LogP contribution in [0.1, 0.15) is 11.8 Å². The highest BCUT2D eigenvalue weighted by molar-refractivity contribution is 7.32.